The van der Waals surface area contributed by atoms with Gasteiger partial charge in [-0.3, -0.25) is 14.7 Å². The predicted molar refractivity (Wildman–Crippen MR) is 110 cm³/mol. The Hall–Kier alpha value is -2.64. The molecule has 0 saturated heterocycles. The van der Waals surface area contributed by atoms with Crippen LogP contribution >= 0.6 is 0 Å². The van der Waals surface area contributed by atoms with E-state index in [0.29, 0.717) is 10.7 Å². The standard InChI is InChI=1S/C21H24N4O2S/c1-15-8-9-16(2)20(12-15)28(26,27)24-21-18-10-11-25(14-19(18)22-23-21)13-17-6-4-3-5-7-17/h3-9,12H,10-11,13-14H2,1-2H3,(H2,22,23,24). The molecule has 0 aliphatic carbocycles. The number of nitrogens with one attached hydrogen (secondary N) is 2. The molecule has 0 amide bonds. The molecular weight excluding hydrogens is 372 g/mol. The molecule has 0 unspecified atom stereocenters. The fourth-order valence-corrected chi connectivity index (χ4v) is 4.98. The number of hydrogen-bond donors (Lipinski definition) is 2. The van der Waals surface area contributed by atoms with Crippen molar-refractivity contribution in [2.24, 2.45) is 0 Å². The SMILES string of the molecule is Cc1ccc(C)c(S(=O)(=O)Nc2n[nH]c3c2CCN(Cc2ccccc2)C3)c1. The molecule has 3 aromatic rings. The quantitative estimate of drug-likeness (QED) is 0.693. The molecular formula is C21H24N4O2S. The first-order valence-corrected chi connectivity index (χ1v) is 10.8. The number of nitrogens with zero attached hydrogens (tertiary/aromatic N) is 2. The van der Waals surface area contributed by atoms with E-state index in [-0.39, 0.29) is 0 Å². The summed E-state index contributed by atoms with van der Waals surface area (Å²) in [5.74, 6) is 0.412. The summed E-state index contributed by atoms with van der Waals surface area (Å²) in [4.78, 5) is 2.63. The number of hydrogen-bond acceptors (Lipinski definition) is 4. The minimum atomic E-state index is -3.68. The number of aromatic nitrogens is 2. The molecule has 0 atom stereocenters. The molecule has 1 aliphatic rings. The van der Waals surface area contributed by atoms with Gasteiger partial charge < -0.3 is 0 Å². The van der Waals surface area contributed by atoms with Gasteiger partial charge in [0.05, 0.1) is 10.6 Å². The van der Waals surface area contributed by atoms with Crippen molar-refractivity contribution in [1.29, 1.82) is 0 Å². The van der Waals surface area contributed by atoms with Crippen LogP contribution in [0.15, 0.2) is 53.4 Å². The highest BCUT2D eigenvalue weighted by atomic mass is 32.2. The number of rotatable bonds is 5. The Morgan fingerprint density at radius 3 is 2.71 bits per heavy atom. The molecule has 0 fully saturated rings. The lowest BCUT2D eigenvalue weighted by molar-refractivity contribution is 0.242. The largest absolute Gasteiger partial charge is 0.293 e. The Labute approximate surface area is 165 Å². The summed E-state index contributed by atoms with van der Waals surface area (Å²) in [5.41, 5.74) is 4.82. The first kappa shape index (κ1) is 18.7. The fraction of sp³-hybridized carbons (Fsp3) is 0.286. The van der Waals surface area contributed by atoms with Gasteiger partial charge in [-0.1, -0.05) is 42.5 Å². The van der Waals surface area contributed by atoms with Crippen molar-refractivity contribution in [1.82, 2.24) is 15.1 Å². The molecule has 2 aromatic carbocycles. The topological polar surface area (TPSA) is 78.1 Å². The first-order valence-electron chi connectivity index (χ1n) is 9.35. The molecule has 2 N–H and O–H groups in total. The molecule has 1 aliphatic heterocycles. The van der Waals surface area contributed by atoms with Crippen LogP contribution in [0.3, 0.4) is 0 Å². The summed E-state index contributed by atoms with van der Waals surface area (Å²) in [6.45, 7) is 6.14. The number of aryl methyl sites for hydroxylation is 2. The van der Waals surface area contributed by atoms with E-state index in [9.17, 15) is 8.42 Å². The van der Waals surface area contributed by atoms with Crippen LogP contribution in [-0.4, -0.2) is 30.1 Å². The summed E-state index contributed by atoms with van der Waals surface area (Å²) in [6.07, 6.45) is 0.753. The Balaban J connectivity index is 1.52. The number of sulfonamides is 1. The third-order valence-corrected chi connectivity index (χ3v) is 6.61. The van der Waals surface area contributed by atoms with Gasteiger partial charge in [0.1, 0.15) is 0 Å². The summed E-state index contributed by atoms with van der Waals surface area (Å²) >= 11 is 0. The molecule has 1 aromatic heterocycles. The second-order valence-corrected chi connectivity index (χ2v) is 9.00. The van der Waals surface area contributed by atoms with E-state index in [1.807, 2.05) is 37.3 Å². The van der Waals surface area contributed by atoms with E-state index in [1.165, 1.54) is 5.56 Å². The molecule has 7 heteroatoms. The number of benzene rings is 2. The van der Waals surface area contributed by atoms with Crippen LogP contribution in [0.5, 0.6) is 0 Å². The average Bonchev–Trinajstić information content (AvgIpc) is 3.06. The van der Waals surface area contributed by atoms with Crippen molar-refractivity contribution in [3.63, 3.8) is 0 Å². The molecule has 2 heterocycles. The van der Waals surface area contributed by atoms with E-state index in [0.717, 1.165) is 48.4 Å². The maximum Gasteiger partial charge on any atom is 0.263 e. The van der Waals surface area contributed by atoms with Crippen LogP contribution in [0.2, 0.25) is 0 Å². The summed E-state index contributed by atoms with van der Waals surface area (Å²) in [7, 11) is -3.68. The number of anilines is 1. The molecule has 0 saturated carbocycles. The molecule has 6 nitrogen and oxygen atoms in total. The third kappa shape index (κ3) is 3.81. The maximum atomic E-state index is 12.9. The van der Waals surface area contributed by atoms with E-state index in [4.69, 9.17) is 0 Å². The van der Waals surface area contributed by atoms with E-state index >= 15 is 0 Å². The van der Waals surface area contributed by atoms with Crippen LogP contribution < -0.4 is 4.72 Å². The zero-order valence-electron chi connectivity index (χ0n) is 16.1. The molecule has 0 spiro atoms. The molecule has 4 rings (SSSR count). The summed E-state index contributed by atoms with van der Waals surface area (Å²) < 4.78 is 28.5. The molecule has 0 bridgehead atoms. The van der Waals surface area contributed by atoms with Gasteiger partial charge in [0.2, 0.25) is 0 Å². The van der Waals surface area contributed by atoms with Crippen LogP contribution in [0, 0.1) is 13.8 Å². The first-order chi connectivity index (χ1) is 13.4. The number of H-pyrrole nitrogens is 1. The highest BCUT2D eigenvalue weighted by molar-refractivity contribution is 7.92. The van der Waals surface area contributed by atoms with Gasteiger partial charge in [0.15, 0.2) is 5.82 Å². The van der Waals surface area contributed by atoms with E-state index in [1.54, 1.807) is 13.0 Å². The lowest BCUT2D eigenvalue weighted by Gasteiger charge is -2.26. The van der Waals surface area contributed by atoms with Gasteiger partial charge in [-0.05, 0) is 43.0 Å². The Kier molecular flexibility index (Phi) is 4.95. The second kappa shape index (κ2) is 7.41. The summed E-state index contributed by atoms with van der Waals surface area (Å²) in [5, 5.41) is 7.28. The number of fused-ring (bicyclic) bond motifs is 1. The summed E-state index contributed by atoms with van der Waals surface area (Å²) in [6, 6.07) is 15.8. The van der Waals surface area contributed by atoms with E-state index < -0.39 is 10.0 Å². The Bertz CT molecular complexity index is 1090. The van der Waals surface area contributed by atoms with Gasteiger partial charge >= 0.3 is 0 Å². The molecule has 146 valence electrons. The lowest BCUT2D eigenvalue weighted by Crippen LogP contribution is -2.30. The zero-order chi connectivity index (χ0) is 19.7. The normalized spacial score (nSPS) is 14.6. The smallest absolute Gasteiger partial charge is 0.263 e. The average molecular weight is 397 g/mol. The van der Waals surface area contributed by atoms with Gasteiger partial charge in [-0.15, -0.1) is 0 Å². The Morgan fingerprint density at radius 2 is 1.93 bits per heavy atom. The van der Waals surface area contributed by atoms with Crippen molar-refractivity contribution < 1.29 is 8.42 Å². The maximum absolute atomic E-state index is 12.9. The zero-order valence-corrected chi connectivity index (χ0v) is 16.9. The van der Waals surface area contributed by atoms with Gasteiger partial charge in [-0.25, -0.2) is 8.42 Å². The van der Waals surface area contributed by atoms with Crippen molar-refractivity contribution in [2.75, 3.05) is 11.3 Å². The van der Waals surface area contributed by atoms with Gasteiger partial charge in [0, 0.05) is 25.2 Å². The third-order valence-electron chi connectivity index (χ3n) is 5.13. The van der Waals surface area contributed by atoms with E-state index in [2.05, 4.69) is 32.0 Å². The second-order valence-electron chi connectivity index (χ2n) is 7.35. The highest BCUT2D eigenvalue weighted by Gasteiger charge is 2.25. The Morgan fingerprint density at radius 1 is 1.14 bits per heavy atom. The predicted octanol–water partition coefficient (Wildman–Crippen LogP) is 3.39. The minimum Gasteiger partial charge on any atom is -0.293 e. The number of aromatic amines is 1. The van der Waals surface area contributed by atoms with Crippen LogP contribution in [0.1, 0.15) is 27.9 Å². The lowest BCUT2D eigenvalue weighted by atomic mass is 10.1. The van der Waals surface area contributed by atoms with Crippen molar-refractivity contribution in [3.05, 3.63) is 76.5 Å². The monoisotopic (exact) mass is 396 g/mol. The molecule has 28 heavy (non-hydrogen) atoms. The van der Waals surface area contributed by atoms with Crippen LogP contribution in [0.4, 0.5) is 5.82 Å². The van der Waals surface area contributed by atoms with Crippen molar-refractivity contribution in [2.45, 2.75) is 38.3 Å². The fourth-order valence-electron chi connectivity index (χ4n) is 3.61. The molecule has 0 radical (unpaired) electrons. The van der Waals surface area contributed by atoms with Gasteiger partial charge in [-0.2, -0.15) is 5.10 Å². The minimum absolute atomic E-state index is 0.297. The van der Waals surface area contributed by atoms with Crippen molar-refractivity contribution >= 4 is 15.8 Å². The van der Waals surface area contributed by atoms with Crippen LogP contribution in [-0.2, 0) is 29.5 Å². The van der Waals surface area contributed by atoms with Crippen molar-refractivity contribution in [3.8, 4) is 0 Å². The van der Waals surface area contributed by atoms with Crippen LogP contribution in [0.25, 0.3) is 0 Å². The highest BCUT2D eigenvalue weighted by Crippen LogP contribution is 2.27. The van der Waals surface area contributed by atoms with Gasteiger partial charge in [0.25, 0.3) is 10.0 Å².